The van der Waals surface area contributed by atoms with E-state index in [0.717, 1.165) is 23.1 Å². The van der Waals surface area contributed by atoms with Gasteiger partial charge in [-0.2, -0.15) is 0 Å². The average Bonchev–Trinajstić information content (AvgIpc) is 3.22. The summed E-state index contributed by atoms with van der Waals surface area (Å²) in [6, 6.07) is 22.6. The minimum Gasteiger partial charge on any atom is -0.481 e. The van der Waals surface area contributed by atoms with Crippen molar-refractivity contribution in [2.75, 3.05) is 6.54 Å². The summed E-state index contributed by atoms with van der Waals surface area (Å²) in [5.74, 6) is -2.31. The Morgan fingerprint density at radius 3 is 2.34 bits per heavy atom. The SMILES string of the molecule is N=C(N)c1ccc(-c2cccc(C(=O)C(N)[C@@H]3C[C@@H](CC(=O)O)C(=O)N3CCCc3ccccc3)c2)cc1. The molecule has 0 radical (unpaired) electrons. The van der Waals surface area contributed by atoms with Crippen LogP contribution in [-0.4, -0.2) is 52.1 Å². The number of amides is 1. The highest BCUT2D eigenvalue weighted by molar-refractivity contribution is 6.02. The van der Waals surface area contributed by atoms with E-state index in [-0.39, 0.29) is 30.4 Å². The topological polar surface area (TPSA) is 151 Å². The molecule has 3 aromatic carbocycles. The van der Waals surface area contributed by atoms with E-state index in [1.54, 1.807) is 35.2 Å². The molecule has 0 aliphatic carbocycles. The second-order valence-electron chi connectivity index (χ2n) is 9.68. The molecule has 1 amide bonds. The number of nitrogens with zero attached hydrogens (tertiary/aromatic N) is 1. The van der Waals surface area contributed by atoms with Gasteiger partial charge in [-0.15, -0.1) is 0 Å². The number of amidine groups is 1. The Morgan fingerprint density at radius 1 is 0.974 bits per heavy atom. The molecule has 1 fully saturated rings. The van der Waals surface area contributed by atoms with E-state index >= 15 is 0 Å². The zero-order valence-electron chi connectivity index (χ0n) is 21.0. The van der Waals surface area contributed by atoms with Crippen molar-refractivity contribution >= 4 is 23.5 Å². The number of aliphatic carboxylic acids is 1. The van der Waals surface area contributed by atoms with Gasteiger partial charge >= 0.3 is 5.97 Å². The number of nitrogens with one attached hydrogen (secondary N) is 1. The number of rotatable bonds is 11. The standard InChI is InChI=1S/C30H32N4O4/c31-27(28(37)23-10-4-9-22(16-23)20-11-13-21(14-12-20)29(32)33)25-17-24(18-26(35)36)30(38)34(25)15-5-8-19-6-2-1-3-7-19/h1-4,6-7,9-14,16,24-25,27H,5,8,15,17-18,31H2,(H3,32,33)(H,35,36)/t24-,25-,27?/m0/s1. The van der Waals surface area contributed by atoms with Gasteiger partial charge < -0.3 is 21.5 Å². The molecular formula is C30H32N4O4. The highest BCUT2D eigenvalue weighted by atomic mass is 16.4. The third-order valence-corrected chi connectivity index (χ3v) is 7.08. The Morgan fingerprint density at radius 2 is 1.68 bits per heavy atom. The molecule has 38 heavy (non-hydrogen) atoms. The van der Waals surface area contributed by atoms with Crippen LogP contribution in [0.3, 0.4) is 0 Å². The van der Waals surface area contributed by atoms with E-state index in [0.29, 0.717) is 24.1 Å². The highest BCUT2D eigenvalue weighted by Crippen LogP contribution is 2.31. The lowest BCUT2D eigenvalue weighted by atomic mass is 9.92. The second kappa shape index (κ2) is 11.8. The largest absolute Gasteiger partial charge is 0.481 e. The Balaban J connectivity index is 1.52. The second-order valence-corrected chi connectivity index (χ2v) is 9.68. The van der Waals surface area contributed by atoms with Gasteiger partial charge in [0.05, 0.1) is 24.4 Å². The van der Waals surface area contributed by atoms with E-state index in [4.69, 9.17) is 16.9 Å². The molecule has 0 saturated carbocycles. The summed E-state index contributed by atoms with van der Waals surface area (Å²) in [7, 11) is 0. The fourth-order valence-corrected chi connectivity index (χ4v) is 5.08. The molecule has 4 rings (SSSR count). The minimum atomic E-state index is -1.04. The monoisotopic (exact) mass is 512 g/mol. The number of carboxylic acids is 1. The number of carbonyl (C=O) groups is 3. The third-order valence-electron chi connectivity index (χ3n) is 7.08. The van der Waals surface area contributed by atoms with Crippen LogP contribution in [0.5, 0.6) is 0 Å². The zero-order chi connectivity index (χ0) is 27.2. The lowest BCUT2D eigenvalue weighted by Gasteiger charge is -2.29. The van der Waals surface area contributed by atoms with E-state index < -0.39 is 24.0 Å². The first-order valence-electron chi connectivity index (χ1n) is 12.7. The third kappa shape index (κ3) is 6.15. The van der Waals surface area contributed by atoms with Gasteiger partial charge in [-0.1, -0.05) is 72.8 Å². The van der Waals surface area contributed by atoms with Crippen LogP contribution in [0.25, 0.3) is 11.1 Å². The number of nitrogen functional groups attached to an aromatic ring is 1. The molecule has 1 heterocycles. The highest BCUT2D eigenvalue weighted by Gasteiger charge is 2.44. The van der Waals surface area contributed by atoms with Gasteiger partial charge in [0.25, 0.3) is 0 Å². The Kier molecular flexibility index (Phi) is 8.33. The number of ketones is 1. The predicted molar refractivity (Wildman–Crippen MR) is 146 cm³/mol. The molecule has 196 valence electrons. The molecule has 0 bridgehead atoms. The Hall–Kier alpha value is -4.30. The van der Waals surface area contributed by atoms with E-state index in [9.17, 15) is 19.5 Å². The van der Waals surface area contributed by atoms with Crippen LogP contribution in [0.15, 0.2) is 78.9 Å². The molecule has 8 heteroatoms. The van der Waals surface area contributed by atoms with Gasteiger partial charge in [0.1, 0.15) is 5.84 Å². The number of hydrogen-bond acceptors (Lipinski definition) is 5. The molecule has 0 aromatic heterocycles. The molecule has 1 aliphatic heterocycles. The summed E-state index contributed by atoms with van der Waals surface area (Å²) in [5, 5.41) is 16.9. The molecule has 0 spiro atoms. The van der Waals surface area contributed by atoms with E-state index in [1.165, 1.54) is 0 Å². The van der Waals surface area contributed by atoms with Gasteiger partial charge in [0.2, 0.25) is 5.91 Å². The van der Waals surface area contributed by atoms with Gasteiger partial charge in [-0.3, -0.25) is 19.8 Å². The summed E-state index contributed by atoms with van der Waals surface area (Å²) in [6.07, 6.45) is 1.39. The minimum absolute atomic E-state index is 0.0212. The summed E-state index contributed by atoms with van der Waals surface area (Å²) < 4.78 is 0. The summed E-state index contributed by atoms with van der Waals surface area (Å²) in [6.45, 7) is 0.401. The lowest BCUT2D eigenvalue weighted by Crippen LogP contribution is -2.50. The number of hydrogen-bond donors (Lipinski definition) is 4. The number of benzene rings is 3. The van der Waals surface area contributed by atoms with Gasteiger partial charge in [0.15, 0.2) is 5.78 Å². The number of aryl methyl sites for hydroxylation is 1. The summed E-state index contributed by atoms with van der Waals surface area (Å²) in [4.78, 5) is 39.7. The maximum atomic E-state index is 13.5. The molecule has 3 atom stereocenters. The van der Waals surface area contributed by atoms with Crippen LogP contribution >= 0.6 is 0 Å². The van der Waals surface area contributed by atoms with Crippen LogP contribution in [0.1, 0.15) is 40.7 Å². The summed E-state index contributed by atoms with van der Waals surface area (Å²) >= 11 is 0. The number of carboxylic acid groups (broad SMARTS) is 1. The Labute approximate surface area is 221 Å². The predicted octanol–water partition coefficient (Wildman–Crippen LogP) is 3.47. The molecule has 6 N–H and O–H groups in total. The van der Waals surface area contributed by atoms with Crippen molar-refractivity contribution < 1.29 is 19.5 Å². The molecule has 1 saturated heterocycles. The smallest absolute Gasteiger partial charge is 0.304 e. The molecule has 8 nitrogen and oxygen atoms in total. The number of carbonyl (C=O) groups excluding carboxylic acids is 2. The van der Waals surface area contributed by atoms with Crippen molar-refractivity contribution in [2.24, 2.45) is 17.4 Å². The van der Waals surface area contributed by atoms with Gasteiger partial charge in [-0.05, 0) is 42.0 Å². The van der Waals surface area contributed by atoms with E-state index in [1.807, 2.05) is 48.5 Å². The first-order valence-corrected chi connectivity index (χ1v) is 12.7. The van der Waals surface area contributed by atoms with Crippen molar-refractivity contribution in [2.45, 2.75) is 37.8 Å². The number of Topliss-reactive ketones (excluding diaryl/α,β-unsaturated/α-hetero) is 1. The molecular weight excluding hydrogens is 480 g/mol. The zero-order valence-corrected chi connectivity index (χ0v) is 21.0. The first kappa shape index (κ1) is 26.8. The van der Waals surface area contributed by atoms with Crippen LogP contribution < -0.4 is 11.5 Å². The fourth-order valence-electron chi connectivity index (χ4n) is 5.08. The van der Waals surface area contributed by atoms with Crippen molar-refractivity contribution in [3.8, 4) is 11.1 Å². The molecule has 1 aliphatic rings. The summed E-state index contributed by atoms with van der Waals surface area (Å²) in [5.41, 5.74) is 15.9. The van der Waals surface area contributed by atoms with Crippen molar-refractivity contribution in [3.63, 3.8) is 0 Å². The Bertz CT molecular complexity index is 1320. The lowest BCUT2D eigenvalue weighted by molar-refractivity contribution is -0.142. The van der Waals surface area contributed by atoms with Crippen LogP contribution in [0.2, 0.25) is 0 Å². The van der Waals surface area contributed by atoms with Crippen LogP contribution in [0.4, 0.5) is 0 Å². The van der Waals surface area contributed by atoms with Crippen molar-refractivity contribution in [1.29, 1.82) is 5.41 Å². The average molecular weight is 513 g/mol. The first-order chi connectivity index (χ1) is 18.2. The van der Waals surface area contributed by atoms with Crippen LogP contribution in [0, 0.1) is 11.3 Å². The number of likely N-dealkylation sites (tertiary alicyclic amines) is 1. The maximum absolute atomic E-state index is 13.5. The van der Waals surface area contributed by atoms with Crippen molar-refractivity contribution in [3.05, 3.63) is 95.6 Å². The molecule has 3 aromatic rings. The normalized spacial score (nSPS) is 17.8. The van der Waals surface area contributed by atoms with Gasteiger partial charge in [-0.25, -0.2) is 0 Å². The number of nitrogens with two attached hydrogens (primary N) is 2. The van der Waals surface area contributed by atoms with Crippen LogP contribution in [-0.2, 0) is 16.0 Å². The quantitative estimate of drug-likeness (QED) is 0.175. The molecule has 1 unspecified atom stereocenters. The van der Waals surface area contributed by atoms with Gasteiger partial charge in [0, 0.05) is 17.7 Å². The van der Waals surface area contributed by atoms with E-state index in [2.05, 4.69) is 0 Å². The fraction of sp³-hybridized carbons (Fsp3) is 0.267. The maximum Gasteiger partial charge on any atom is 0.304 e. The van der Waals surface area contributed by atoms with Crippen molar-refractivity contribution in [1.82, 2.24) is 4.90 Å².